The van der Waals surface area contributed by atoms with Gasteiger partial charge in [0.1, 0.15) is 4.38 Å². The Balaban J connectivity index is 3.32. The van der Waals surface area contributed by atoms with Gasteiger partial charge in [-0.3, -0.25) is 14.2 Å². The smallest absolute Gasteiger partial charge is 0.310 e. The van der Waals surface area contributed by atoms with Gasteiger partial charge in [0.2, 0.25) is 5.95 Å². The highest BCUT2D eigenvalue weighted by atomic mass is 32.2. The van der Waals surface area contributed by atoms with Crippen LogP contribution in [0.5, 0.6) is 0 Å². The number of aromatic nitrogens is 2. The van der Waals surface area contributed by atoms with Gasteiger partial charge in [0.25, 0.3) is 5.56 Å². The molecule has 0 aliphatic rings. The average molecular weight is 315 g/mol. The molecule has 0 amide bonds. The molecule has 8 heteroatoms. The number of aliphatic imine (C=N–C) groups is 1. The highest BCUT2D eigenvalue weighted by Crippen LogP contribution is 2.17. The van der Waals surface area contributed by atoms with Crippen molar-refractivity contribution in [2.45, 2.75) is 13.3 Å². The van der Waals surface area contributed by atoms with Crippen molar-refractivity contribution in [2.75, 3.05) is 19.6 Å². The summed E-state index contributed by atoms with van der Waals surface area (Å²) in [7, 11) is 2.88. The number of rotatable bonds is 3. The molecule has 0 saturated carbocycles. The van der Waals surface area contributed by atoms with Gasteiger partial charge in [-0.05, 0) is 19.4 Å². The van der Waals surface area contributed by atoms with E-state index in [2.05, 4.69) is 14.7 Å². The van der Waals surface area contributed by atoms with Gasteiger partial charge >= 0.3 is 5.97 Å². The Morgan fingerprint density at radius 2 is 2.00 bits per heavy atom. The van der Waals surface area contributed by atoms with Gasteiger partial charge in [-0.2, -0.15) is 4.99 Å². The highest BCUT2D eigenvalue weighted by molar-refractivity contribution is 8.38. The third-order valence-electron chi connectivity index (χ3n) is 2.66. The number of methoxy groups -OCH3 is 1. The lowest BCUT2D eigenvalue weighted by atomic mass is 10.2. The lowest BCUT2D eigenvalue weighted by Gasteiger charge is -2.09. The zero-order valence-electron chi connectivity index (χ0n) is 12.1. The van der Waals surface area contributed by atoms with Crippen molar-refractivity contribution in [3.8, 4) is 0 Å². The van der Waals surface area contributed by atoms with Crippen molar-refractivity contribution in [1.29, 1.82) is 0 Å². The molecule has 0 spiro atoms. The van der Waals surface area contributed by atoms with E-state index < -0.39 is 5.97 Å². The summed E-state index contributed by atoms with van der Waals surface area (Å²) in [5.74, 6) is -0.128. The number of nitrogens with zero attached hydrogens (tertiary/aromatic N) is 3. The summed E-state index contributed by atoms with van der Waals surface area (Å²) in [6.07, 6.45) is 3.74. The Bertz CT molecular complexity index is 590. The topological polar surface area (TPSA) is 73.5 Å². The van der Waals surface area contributed by atoms with E-state index >= 15 is 0 Å². The van der Waals surface area contributed by atoms with Gasteiger partial charge in [0.15, 0.2) is 0 Å². The van der Waals surface area contributed by atoms with Crippen molar-refractivity contribution in [3.63, 3.8) is 0 Å². The minimum absolute atomic E-state index is 0.0795. The lowest BCUT2D eigenvalue weighted by Crippen LogP contribution is -2.26. The second-order valence-electron chi connectivity index (χ2n) is 3.88. The normalized spacial score (nSPS) is 10.2. The van der Waals surface area contributed by atoms with Crippen LogP contribution in [0.2, 0.25) is 0 Å². The number of esters is 1. The first kappa shape index (κ1) is 16.8. The predicted molar refractivity (Wildman–Crippen MR) is 84.1 cm³/mol. The van der Waals surface area contributed by atoms with Crippen LogP contribution in [-0.4, -0.2) is 39.5 Å². The molecular formula is C12H17N3O3S2. The quantitative estimate of drug-likeness (QED) is 0.478. The van der Waals surface area contributed by atoms with Gasteiger partial charge < -0.3 is 4.74 Å². The third kappa shape index (κ3) is 3.86. The second-order valence-corrected chi connectivity index (χ2v) is 5.73. The molecule has 0 saturated heterocycles. The first-order valence-corrected chi connectivity index (χ1v) is 8.19. The second kappa shape index (κ2) is 7.49. The molecule has 1 aromatic heterocycles. The summed E-state index contributed by atoms with van der Waals surface area (Å²) in [6.45, 7) is 1.69. The molecule has 0 aliphatic carbocycles. The third-order valence-corrected chi connectivity index (χ3v) is 4.54. The number of hydrogen-bond donors (Lipinski definition) is 0. The van der Waals surface area contributed by atoms with E-state index in [0.717, 1.165) is 4.38 Å². The summed E-state index contributed by atoms with van der Waals surface area (Å²) in [5.41, 5.74) is 0.565. The SMILES string of the molecule is COC(=O)Cc1c(C)nc(N=C(SC)SC)n(C)c1=O. The number of ether oxygens (including phenoxy) is 1. The van der Waals surface area contributed by atoms with Crippen LogP contribution >= 0.6 is 23.5 Å². The summed E-state index contributed by atoms with van der Waals surface area (Å²) in [5, 5.41) is 0. The average Bonchev–Trinajstić information content (AvgIpc) is 2.45. The molecule has 0 N–H and O–H groups in total. The number of thioether (sulfide) groups is 2. The Morgan fingerprint density at radius 1 is 1.40 bits per heavy atom. The molecular weight excluding hydrogens is 298 g/mol. The van der Waals surface area contributed by atoms with Crippen molar-refractivity contribution in [2.24, 2.45) is 12.0 Å². The molecule has 0 atom stereocenters. The number of hydrogen-bond acceptors (Lipinski definition) is 7. The van der Waals surface area contributed by atoms with Crippen LogP contribution in [0.4, 0.5) is 5.95 Å². The van der Waals surface area contributed by atoms with Crippen molar-refractivity contribution in [1.82, 2.24) is 9.55 Å². The largest absolute Gasteiger partial charge is 0.469 e. The zero-order valence-corrected chi connectivity index (χ0v) is 13.7. The molecule has 0 bridgehead atoms. The van der Waals surface area contributed by atoms with Crippen LogP contribution in [0.3, 0.4) is 0 Å². The fourth-order valence-electron chi connectivity index (χ4n) is 1.52. The number of carbonyl (C=O) groups excluding carboxylic acids is 1. The van der Waals surface area contributed by atoms with Crippen LogP contribution in [0.25, 0.3) is 0 Å². The molecule has 0 aliphatic heterocycles. The minimum atomic E-state index is -0.461. The van der Waals surface area contributed by atoms with Crippen LogP contribution < -0.4 is 5.56 Å². The van der Waals surface area contributed by atoms with E-state index in [0.29, 0.717) is 17.2 Å². The van der Waals surface area contributed by atoms with E-state index in [-0.39, 0.29) is 12.0 Å². The predicted octanol–water partition coefficient (Wildman–Crippen LogP) is 1.52. The Kier molecular flexibility index (Phi) is 6.28. The maximum absolute atomic E-state index is 12.3. The van der Waals surface area contributed by atoms with E-state index in [1.54, 1.807) is 14.0 Å². The number of aryl methyl sites for hydroxylation is 1. The fraction of sp³-hybridized carbons (Fsp3) is 0.500. The number of carbonyl (C=O) groups is 1. The van der Waals surface area contributed by atoms with Crippen molar-refractivity contribution >= 4 is 39.8 Å². The molecule has 110 valence electrons. The van der Waals surface area contributed by atoms with Crippen molar-refractivity contribution < 1.29 is 9.53 Å². The molecule has 0 radical (unpaired) electrons. The summed E-state index contributed by atoms with van der Waals surface area (Å²) in [6, 6.07) is 0. The Morgan fingerprint density at radius 3 is 2.50 bits per heavy atom. The standard InChI is InChI=1S/C12H17N3O3S2/c1-7-8(6-9(16)18-3)10(17)15(2)11(13-7)14-12(19-4)20-5/h6H2,1-5H3. The monoisotopic (exact) mass is 315 g/mol. The summed E-state index contributed by atoms with van der Waals surface area (Å²) < 4.78 is 6.74. The maximum atomic E-state index is 12.3. The molecule has 0 fully saturated rings. The molecule has 0 unspecified atom stereocenters. The first-order valence-electron chi connectivity index (χ1n) is 5.74. The van der Waals surface area contributed by atoms with Gasteiger partial charge in [0.05, 0.1) is 19.2 Å². The lowest BCUT2D eigenvalue weighted by molar-refractivity contribution is -0.139. The van der Waals surface area contributed by atoms with Gasteiger partial charge in [0, 0.05) is 12.6 Å². The Labute approximate surface area is 126 Å². The van der Waals surface area contributed by atoms with Gasteiger partial charge in [-0.15, -0.1) is 23.5 Å². The highest BCUT2D eigenvalue weighted by Gasteiger charge is 2.15. The van der Waals surface area contributed by atoms with Crippen LogP contribution in [-0.2, 0) is 23.0 Å². The van der Waals surface area contributed by atoms with Crippen LogP contribution in [0.1, 0.15) is 11.3 Å². The maximum Gasteiger partial charge on any atom is 0.310 e. The minimum Gasteiger partial charge on any atom is -0.469 e. The fourth-order valence-corrected chi connectivity index (χ4v) is 2.53. The molecule has 1 aromatic rings. The zero-order chi connectivity index (χ0) is 15.3. The first-order chi connectivity index (χ1) is 9.44. The van der Waals surface area contributed by atoms with E-state index in [1.165, 1.54) is 35.2 Å². The molecule has 1 heterocycles. The van der Waals surface area contributed by atoms with Crippen LogP contribution in [0.15, 0.2) is 9.79 Å². The molecule has 0 aromatic carbocycles. The molecule has 6 nitrogen and oxygen atoms in total. The Hall–Kier alpha value is -1.28. The summed E-state index contributed by atoms with van der Waals surface area (Å²) in [4.78, 5) is 32.2. The van der Waals surface area contributed by atoms with Crippen LogP contribution in [0, 0.1) is 6.92 Å². The molecule has 1 rings (SSSR count). The van der Waals surface area contributed by atoms with E-state index in [9.17, 15) is 9.59 Å². The van der Waals surface area contributed by atoms with E-state index in [4.69, 9.17) is 0 Å². The van der Waals surface area contributed by atoms with Crippen molar-refractivity contribution in [3.05, 3.63) is 21.6 Å². The molecule has 20 heavy (non-hydrogen) atoms. The van der Waals surface area contributed by atoms with Gasteiger partial charge in [-0.1, -0.05) is 0 Å². The summed E-state index contributed by atoms with van der Waals surface area (Å²) >= 11 is 2.97. The van der Waals surface area contributed by atoms with Gasteiger partial charge in [-0.25, -0.2) is 4.98 Å². The van der Waals surface area contributed by atoms with E-state index in [1.807, 2.05) is 12.5 Å².